The molecule has 0 radical (unpaired) electrons. The second kappa shape index (κ2) is 7.81. The van der Waals surface area contributed by atoms with Crippen LogP contribution in [0.4, 0.5) is 0 Å². The lowest BCUT2D eigenvalue weighted by Gasteiger charge is -2.29. The van der Waals surface area contributed by atoms with Crippen LogP contribution in [0.1, 0.15) is 58.1 Å². The monoisotopic (exact) mass is 290 g/mol. The van der Waals surface area contributed by atoms with Crippen molar-refractivity contribution in [2.75, 3.05) is 6.61 Å². The molecule has 0 amide bonds. The minimum absolute atomic E-state index is 0.378. The van der Waals surface area contributed by atoms with Crippen molar-refractivity contribution in [3.63, 3.8) is 0 Å². The zero-order valence-electron chi connectivity index (χ0n) is 13.6. The highest BCUT2D eigenvalue weighted by molar-refractivity contribution is 5.29. The molecule has 1 aliphatic rings. The number of ether oxygens (including phenoxy) is 1. The quantitative estimate of drug-likeness (QED) is 0.841. The summed E-state index contributed by atoms with van der Waals surface area (Å²) in [4.78, 5) is 0. The van der Waals surface area contributed by atoms with Crippen LogP contribution in [0.5, 0.6) is 5.75 Å². The maximum atomic E-state index is 5.96. The lowest BCUT2D eigenvalue weighted by molar-refractivity contribution is 0.271. The van der Waals surface area contributed by atoms with Gasteiger partial charge >= 0.3 is 0 Å². The maximum Gasteiger partial charge on any atom is 0.119 e. The molecule has 1 aromatic carbocycles. The Balaban J connectivity index is 1.83. The summed E-state index contributed by atoms with van der Waals surface area (Å²) in [7, 11) is 0. The second-order valence-electron chi connectivity index (χ2n) is 6.77. The van der Waals surface area contributed by atoms with Gasteiger partial charge in [0, 0.05) is 18.1 Å². The van der Waals surface area contributed by atoms with Gasteiger partial charge in [0.15, 0.2) is 0 Å². The summed E-state index contributed by atoms with van der Waals surface area (Å²) >= 11 is 0. The largest absolute Gasteiger partial charge is 0.493 e. The van der Waals surface area contributed by atoms with E-state index in [2.05, 4.69) is 50.4 Å². The van der Waals surface area contributed by atoms with Gasteiger partial charge in [-0.3, -0.25) is 0 Å². The maximum absolute atomic E-state index is 5.96. The molecule has 1 unspecified atom stereocenters. The summed E-state index contributed by atoms with van der Waals surface area (Å²) in [6, 6.07) is 9.89. The summed E-state index contributed by atoms with van der Waals surface area (Å²) in [5.41, 5.74) is 7.28. The number of nitrogens with one attached hydrogen (secondary N) is 1. The standard InChI is InChI=1S/C18H30N2O/c1-13(2)12-21-18-10-4-15(5-11-18)14(3)20-17-8-6-16(19)7-9-17/h4-5,10-11,13-14,16-17,20H,6-9,12,19H2,1-3H3. The SMILES string of the molecule is CC(C)COc1ccc(C(C)NC2CCC(N)CC2)cc1. The highest BCUT2D eigenvalue weighted by atomic mass is 16.5. The van der Waals surface area contributed by atoms with Crippen LogP contribution in [-0.4, -0.2) is 18.7 Å². The predicted molar refractivity (Wildman–Crippen MR) is 88.6 cm³/mol. The predicted octanol–water partition coefficient (Wildman–Crippen LogP) is 3.64. The molecule has 3 nitrogen and oxygen atoms in total. The first-order valence-electron chi connectivity index (χ1n) is 8.29. The van der Waals surface area contributed by atoms with Crippen molar-refractivity contribution in [3.05, 3.63) is 29.8 Å². The molecular weight excluding hydrogens is 260 g/mol. The number of hydrogen-bond acceptors (Lipinski definition) is 3. The van der Waals surface area contributed by atoms with Gasteiger partial charge in [0.25, 0.3) is 0 Å². The van der Waals surface area contributed by atoms with Crippen molar-refractivity contribution >= 4 is 0 Å². The van der Waals surface area contributed by atoms with E-state index in [0.29, 0.717) is 24.0 Å². The Kier molecular flexibility index (Phi) is 6.07. The summed E-state index contributed by atoms with van der Waals surface area (Å²) in [6.45, 7) is 7.33. The molecular formula is C18H30N2O. The third-order valence-electron chi connectivity index (χ3n) is 4.22. The van der Waals surface area contributed by atoms with Crippen molar-refractivity contribution in [2.45, 2.75) is 64.6 Å². The smallest absolute Gasteiger partial charge is 0.119 e. The van der Waals surface area contributed by atoms with Crippen molar-refractivity contribution < 1.29 is 4.74 Å². The normalized spacial score (nSPS) is 24.0. The third-order valence-corrected chi connectivity index (χ3v) is 4.22. The summed E-state index contributed by atoms with van der Waals surface area (Å²) < 4.78 is 5.73. The molecule has 21 heavy (non-hydrogen) atoms. The minimum atomic E-state index is 0.378. The molecule has 1 aliphatic carbocycles. The molecule has 0 aliphatic heterocycles. The van der Waals surface area contributed by atoms with E-state index in [0.717, 1.165) is 25.2 Å². The van der Waals surface area contributed by atoms with E-state index in [1.54, 1.807) is 0 Å². The highest BCUT2D eigenvalue weighted by Crippen LogP contribution is 2.22. The number of rotatable bonds is 6. The minimum Gasteiger partial charge on any atom is -0.493 e. The Labute approximate surface area is 129 Å². The third kappa shape index (κ3) is 5.33. The first kappa shape index (κ1) is 16.3. The van der Waals surface area contributed by atoms with Crippen LogP contribution in [0.3, 0.4) is 0 Å². The van der Waals surface area contributed by atoms with Crippen LogP contribution in [0.25, 0.3) is 0 Å². The lowest BCUT2D eigenvalue weighted by atomic mass is 9.91. The molecule has 1 saturated carbocycles. The van der Waals surface area contributed by atoms with Crippen molar-refractivity contribution in [3.8, 4) is 5.75 Å². The van der Waals surface area contributed by atoms with Crippen LogP contribution in [0.15, 0.2) is 24.3 Å². The fourth-order valence-corrected chi connectivity index (χ4v) is 2.85. The van der Waals surface area contributed by atoms with E-state index < -0.39 is 0 Å². The zero-order valence-corrected chi connectivity index (χ0v) is 13.6. The Bertz CT molecular complexity index is 408. The van der Waals surface area contributed by atoms with Gasteiger partial charge in [0.05, 0.1) is 6.61 Å². The second-order valence-corrected chi connectivity index (χ2v) is 6.77. The van der Waals surface area contributed by atoms with E-state index in [4.69, 9.17) is 10.5 Å². The first-order valence-corrected chi connectivity index (χ1v) is 8.29. The number of benzene rings is 1. The number of hydrogen-bond donors (Lipinski definition) is 2. The van der Waals surface area contributed by atoms with Crippen molar-refractivity contribution in [1.29, 1.82) is 0 Å². The molecule has 1 aromatic rings. The fraction of sp³-hybridized carbons (Fsp3) is 0.667. The average molecular weight is 290 g/mol. The van der Waals surface area contributed by atoms with Gasteiger partial charge in [-0.2, -0.15) is 0 Å². The van der Waals surface area contributed by atoms with Gasteiger partial charge in [-0.15, -0.1) is 0 Å². The molecule has 0 saturated heterocycles. The van der Waals surface area contributed by atoms with E-state index in [1.165, 1.54) is 18.4 Å². The molecule has 0 heterocycles. The molecule has 0 bridgehead atoms. The summed E-state index contributed by atoms with van der Waals surface area (Å²) in [6.07, 6.45) is 4.68. The van der Waals surface area contributed by atoms with Gasteiger partial charge in [-0.1, -0.05) is 26.0 Å². The van der Waals surface area contributed by atoms with Crippen LogP contribution in [0.2, 0.25) is 0 Å². The molecule has 2 rings (SSSR count). The highest BCUT2D eigenvalue weighted by Gasteiger charge is 2.20. The summed E-state index contributed by atoms with van der Waals surface area (Å²) in [5, 5.41) is 3.73. The van der Waals surface area contributed by atoms with Crippen LogP contribution < -0.4 is 15.8 Å². The zero-order chi connectivity index (χ0) is 15.2. The molecule has 1 atom stereocenters. The molecule has 0 spiro atoms. The summed E-state index contributed by atoms with van der Waals surface area (Å²) in [5.74, 6) is 1.52. The van der Waals surface area contributed by atoms with E-state index in [-0.39, 0.29) is 0 Å². The van der Waals surface area contributed by atoms with Gasteiger partial charge in [-0.05, 0) is 56.2 Å². The van der Waals surface area contributed by atoms with Crippen molar-refractivity contribution in [1.82, 2.24) is 5.32 Å². The molecule has 0 aromatic heterocycles. The Hall–Kier alpha value is -1.06. The Morgan fingerprint density at radius 3 is 2.29 bits per heavy atom. The fourth-order valence-electron chi connectivity index (χ4n) is 2.85. The van der Waals surface area contributed by atoms with Gasteiger partial charge in [0.1, 0.15) is 5.75 Å². The van der Waals surface area contributed by atoms with E-state index >= 15 is 0 Å². The van der Waals surface area contributed by atoms with Crippen LogP contribution in [0, 0.1) is 5.92 Å². The number of nitrogens with two attached hydrogens (primary N) is 1. The average Bonchev–Trinajstić information content (AvgIpc) is 2.48. The van der Waals surface area contributed by atoms with Crippen LogP contribution >= 0.6 is 0 Å². The molecule has 118 valence electrons. The lowest BCUT2D eigenvalue weighted by Crippen LogP contribution is -2.38. The van der Waals surface area contributed by atoms with E-state index in [9.17, 15) is 0 Å². The molecule has 3 N–H and O–H groups in total. The van der Waals surface area contributed by atoms with Crippen molar-refractivity contribution in [2.24, 2.45) is 11.7 Å². The topological polar surface area (TPSA) is 47.3 Å². The van der Waals surface area contributed by atoms with Crippen LogP contribution in [-0.2, 0) is 0 Å². The van der Waals surface area contributed by atoms with Gasteiger partial charge in [0.2, 0.25) is 0 Å². The van der Waals surface area contributed by atoms with Gasteiger partial charge < -0.3 is 15.8 Å². The van der Waals surface area contributed by atoms with Gasteiger partial charge in [-0.25, -0.2) is 0 Å². The first-order chi connectivity index (χ1) is 10.0. The molecule has 1 fully saturated rings. The molecule has 3 heteroatoms. The van der Waals surface area contributed by atoms with E-state index in [1.807, 2.05) is 0 Å². The Morgan fingerprint density at radius 2 is 1.71 bits per heavy atom. The Morgan fingerprint density at radius 1 is 1.10 bits per heavy atom.